The first-order valence-corrected chi connectivity index (χ1v) is 13.8. The molecule has 8 heteroatoms. The van der Waals surface area contributed by atoms with Crippen molar-refractivity contribution in [2.45, 2.75) is 32.2 Å². The summed E-state index contributed by atoms with van der Waals surface area (Å²) in [6, 6.07) is 8.72. The van der Waals surface area contributed by atoms with E-state index in [4.69, 9.17) is 9.73 Å². The monoisotopic (exact) mass is 658 g/mol. The molecule has 2 aliphatic heterocycles. The van der Waals surface area contributed by atoms with Crippen molar-refractivity contribution in [2.75, 3.05) is 43.0 Å². The van der Waals surface area contributed by atoms with Crippen LogP contribution >= 0.6 is 45.2 Å². The maximum atomic E-state index is 5.60. The van der Waals surface area contributed by atoms with E-state index >= 15 is 0 Å². The van der Waals surface area contributed by atoms with Crippen molar-refractivity contribution in [1.29, 1.82) is 0 Å². The molecule has 1 N–H and O–H groups in total. The molecule has 0 aliphatic carbocycles. The number of unbranched alkanes of at least 4 members (excludes halogenated alkanes) is 1. The Morgan fingerprint density at radius 1 is 1.25 bits per heavy atom. The van der Waals surface area contributed by atoms with Crippen molar-refractivity contribution in [3.05, 3.63) is 51.4 Å². The van der Waals surface area contributed by atoms with Crippen LogP contribution < -0.4 is 10.1 Å². The van der Waals surface area contributed by atoms with Crippen LogP contribution in [-0.2, 0) is 6.42 Å². The Bertz CT molecular complexity index is 1010. The fourth-order valence-corrected chi connectivity index (χ4v) is 5.38. The lowest BCUT2D eigenvalue weighted by atomic mass is 10.1. The van der Waals surface area contributed by atoms with E-state index in [1.807, 2.05) is 12.4 Å². The standard InChI is InChI=1S/C24H29I2N5O/c1-3-30(13-5-4-9-25)16-22-29-20-15-19(26)21(32-2)14-18(20)23-24(31(22)23)28-12-8-17-6-10-27-11-7-17/h6-7,10-11,14-15,23H,3-5,8-9,12-13,16H2,1-2H3/p+1/t23-,31?/m1/s1. The van der Waals surface area contributed by atoms with Crippen LogP contribution in [0.4, 0.5) is 5.69 Å². The number of aromatic nitrogens is 1. The highest BCUT2D eigenvalue weighted by Crippen LogP contribution is 2.44. The van der Waals surface area contributed by atoms with E-state index in [2.05, 4.69) is 96.1 Å². The van der Waals surface area contributed by atoms with Gasteiger partial charge in [-0.2, -0.15) is 0 Å². The Labute approximate surface area is 217 Å². The van der Waals surface area contributed by atoms with Crippen LogP contribution in [0, 0.1) is 3.57 Å². The van der Waals surface area contributed by atoms with Gasteiger partial charge in [-0.15, -0.1) is 4.99 Å². The summed E-state index contributed by atoms with van der Waals surface area (Å²) in [5.41, 5.74) is 3.70. The zero-order chi connectivity index (χ0) is 22.5. The molecule has 0 spiro atoms. The third-order valence-corrected chi connectivity index (χ3v) is 7.58. The van der Waals surface area contributed by atoms with Crippen LogP contribution in [0.3, 0.4) is 0 Å². The Kier molecular flexibility index (Phi) is 8.38. The summed E-state index contributed by atoms with van der Waals surface area (Å²) in [4.78, 5) is 11.6. The molecule has 1 aromatic heterocycles. The van der Waals surface area contributed by atoms with E-state index in [-0.39, 0.29) is 6.04 Å². The van der Waals surface area contributed by atoms with Gasteiger partial charge in [-0.3, -0.25) is 15.2 Å². The topological polar surface area (TPSA) is 52.8 Å². The Morgan fingerprint density at radius 2 is 2.06 bits per heavy atom. The number of pyridine rings is 1. The number of likely N-dealkylation sites (N-methyl/N-ethyl adjacent to an activating group) is 1. The van der Waals surface area contributed by atoms with Crippen molar-refractivity contribution in [3.63, 3.8) is 0 Å². The molecule has 0 bridgehead atoms. The van der Waals surface area contributed by atoms with Gasteiger partial charge in [0.25, 0.3) is 5.84 Å². The second kappa shape index (κ2) is 11.2. The normalized spacial score (nSPS) is 17.9. The molecule has 6 nitrogen and oxygen atoms in total. The highest BCUT2D eigenvalue weighted by molar-refractivity contribution is 14.1. The lowest BCUT2D eigenvalue weighted by Gasteiger charge is -2.22. The minimum atomic E-state index is 0.220. The molecule has 4 rings (SSSR count). The molecular formula is C24H30I2N5O+. The van der Waals surface area contributed by atoms with E-state index in [1.54, 1.807) is 7.11 Å². The smallest absolute Gasteiger partial charge is 0.276 e. The first-order chi connectivity index (χ1) is 15.7. The largest absolute Gasteiger partial charge is 0.496 e. The average Bonchev–Trinajstić information content (AvgIpc) is 3.53. The molecule has 0 saturated carbocycles. The number of anilines is 1. The number of ether oxygens (including phenoxy) is 1. The summed E-state index contributed by atoms with van der Waals surface area (Å²) in [5, 5.41) is 3.72. The molecule has 0 unspecified atom stereocenters. The van der Waals surface area contributed by atoms with Crippen molar-refractivity contribution in [1.82, 2.24) is 9.88 Å². The predicted octanol–water partition coefficient (Wildman–Crippen LogP) is 4.76. The van der Waals surface area contributed by atoms with Crippen LogP contribution in [-0.4, -0.2) is 63.8 Å². The van der Waals surface area contributed by atoms with Crippen LogP contribution in [0.2, 0.25) is 0 Å². The van der Waals surface area contributed by atoms with Gasteiger partial charge < -0.3 is 4.74 Å². The maximum Gasteiger partial charge on any atom is 0.276 e. The molecule has 2 aromatic rings. The Morgan fingerprint density at radius 3 is 2.78 bits per heavy atom. The number of halogens is 2. The van der Waals surface area contributed by atoms with Gasteiger partial charge in [0.1, 0.15) is 18.0 Å². The highest BCUT2D eigenvalue weighted by Gasteiger charge is 2.54. The SMILES string of the molecule is CCN(CCCCI)CC1=[N+]2C(=NCCc3ccncc3)[C@H]2c2cc(OC)c(I)cc2N1. The van der Waals surface area contributed by atoms with E-state index in [9.17, 15) is 0 Å². The van der Waals surface area contributed by atoms with Crippen molar-refractivity contribution in [2.24, 2.45) is 4.99 Å². The fourth-order valence-electron chi connectivity index (χ4n) is 4.15. The van der Waals surface area contributed by atoms with Crippen molar-refractivity contribution in [3.8, 4) is 5.75 Å². The highest BCUT2D eigenvalue weighted by atomic mass is 127. The molecule has 1 fully saturated rings. The molecule has 1 saturated heterocycles. The number of aliphatic imine (C=N–C) groups is 1. The van der Waals surface area contributed by atoms with E-state index in [0.29, 0.717) is 0 Å². The number of nitrogens with zero attached hydrogens (tertiary/aromatic N) is 4. The molecule has 0 amide bonds. The summed E-state index contributed by atoms with van der Waals surface area (Å²) >= 11 is 4.82. The van der Waals surface area contributed by atoms with Crippen molar-refractivity contribution < 1.29 is 9.31 Å². The number of alkyl halides is 1. The first-order valence-electron chi connectivity index (χ1n) is 11.2. The van der Waals surface area contributed by atoms with Gasteiger partial charge in [-0.05, 0) is 82.8 Å². The Balaban J connectivity index is 1.58. The molecule has 32 heavy (non-hydrogen) atoms. The fraction of sp³-hybridized carbons (Fsp3) is 0.458. The molecule has 1 atom stereocenters. The van der Waals surface area contributed by atoms with Gasteiger partial charge in [0.15, 0.2) is 6.04 Å². The lowest BCUT2D eigenvalue weighted by Crippen LogP contribution is -2.37. The van der Waals surface area contributed by atoms with E-state index in [1.165, 1.54) is 39.9 Å². The third-order valence-electron chi connectivity index (χ3n) is 5.97. The molecule has 170 valence electrons. The van der Waals surface area contributed by atoms with Gasteiger partial charge in [0, 0.05) is 24.4 Å². The maximum absolute atomic E-state index is 5.60. The first kappa shape index (κ1) is 23.9. The molecule has 0 radical (unpaired) electrons. The number of nitrogens with one attached hydrogen (secondary N) is 1. The van der Waals surface area contributed by atoms with Crippen LogP contribution in [0.5, 0.6) is 5.75 Å². The number of hydrogen-bond acceptors (Lipinski definition) is 5. The van der Waals surface area contributed by atoms with E-state index in [0.717, 1.165) is 47.8 Å². The van der Waals surface area contributed by atoms with Gasteiger partial charge in [0.2, 0.25) is 5.84 Å². The molecule has 3 heterocycles. The summed E-state index contributed by atoms with van der Waals surface area (Å²) in [7, 11) is 1.74. The predicted molar refractivity (Wildman–Crippen MR) is 148 cm³/mol. The van der Waals surface area contributed by atoms with Gasteiger partial charge in [0.05, 0.1) is 17.2 Å². The molecule has 1 aromatic carbocycles. The quantitative estimate of drug-likeness (QED) is 0.125. The summed E-state index contributed by atoms with van der Waals surface area (Å²) in [6.45, 7) is 6.12. The average molecular weight is 658 g/mol. The van der Waals surface area contributed by atoms with Crippen LogP contribution in [0.15, 0.2) is 41.7 Å². The Hall–Kier alpha value is -1.27. The number of methoxy groups -OCH3 is 1. The minimum absolute atomic E-state index is 0.220. The number of amidine groups is 2. The van der Waals surface area contributed by atoms with Gasteiger partial charge in [-0.25, -0.2) is 4.58 Å². The number of rotatable bonds is 11. The zero-order valence-electron chi connectivity index (χ0n) is 18.7. The van der Waals surface area contributed by atoms with Crippen LogP contribution in [0.1, 0.15) is 36.9 Å². The van der Waals surface area contributed by atoms with Gasteiger partial charge >= 0.3 is 0 Å². The number of benzene rings is 1. The molecule has 2 aliphatic rings. The second-order valence-corrected chi connectivity index (χ2v) is 10.3. The summed E-state index contributed by atoms with van der Waals surface area (Å²) in [5.74, 6) is 3.32. The third kappa shape index (κ3) is 5.44. The lowest BCUT2D eigenvalue weighted by molar-refractivity contribution is -0.314. The molecular weight excluding hydrogens is 628 g/mol. The summed E-state index contributed by atoms with van der Waals surface area (Å²) < 4.78 is 10.3. The number of fused-ring (bicyclic) bond motifs is 3. The summed E-state index contributed by atoms with van der Waals surface area (Å²) in [6.07, 6.45) is 7.14. The van der Waals surface area contributed by atoms with Crippen molar-refractivity contribution >= 4 is 62.5 Å². The minimum Gasteiger partial charge on any atom is -0.496 e. The van der Waals surface area contributed by atoms with Crippen LogP contribution in [0.25, 0.3) is 0 Å². The van der Waals surface area contributed by atoms with E-state index < -0.39 is 0 Å². The second-order valence-electron chi connectivity index (χ2n) is 8.03. The zero-order valence-corrected chi connectivity index (χ0v) is 23.0. The number of hydrogen-bond donors (Lipinski definition) is 1. The van der Waals surface area contributed by atoms with Gasteiger partial charge in [-0.1, -0.05) is 29.5 Å².